The number of nitrogens with zero attached hydrogens (tertiary/aromatic N) is 2. The van der Waals surface area contributed by atoms with Crippen molar-refractivity contribution in [3.63, 3.8) is 0 Å². The molecular formula is C15H25N3. The molecule has 1 aromatic rings. The molecule has 2 rings (SSSR count). The second kappa shape index (κ2) is 5.81. The first-order valence-electron chi connectivity index (χ1n) is 6.92. The van der Waals surface area contributed by atoms with Gasteiger partial charge in [-0.1, -0.05) is 0 Å². The molecule has 1 unspecified atom stereocenters. The van der Waals surface area contributed by atoms with Crippen LogP contribution in [0.3, 0.4) is 0 Å². The molecule has 18 heavy (non-hydrogen) atoms. The largest absolute Gasteiger partial charge is 0.311 e. The van der Waals surface area contributed by atoms with Gasteiger partial charge in [0, 0.05) is 37.1 Å². The molecule has 1 N–H and O–H groups in total. The monoisotopic (exact) mass is 247 g/mol. The van der Waals surface area contributed by atoms with Crippen molar-refractivity contribution in [2.24, 2.45) is 0 Å². The fourth-order valence-corrected chi connectivity index (χ4v) is 2.48. The van der Waals surface area contributed by atoms with Gasteiger partial charge in [0.15, 0.2) is 0 Å². The number of pyridine rings is 1. The van der Waals surface area contributed by atoms with Crippen molar-refractivity contribution in [1.29, 1.82) is 0 Å². The Morgan fingerprint density at radius 1 is 1.33 bits per heavy atom. The molecule has 0 aromatic carbocycles. The second-order valence-electron chi connectivity index (χ2n) is 6.25. The van der Waals surface area contributed by atoms with Crippen LogP contribution in [0, 0.1) is 0 Å². The Morgan fingerprint density at radius 3 is 2.72 bits per heavy atom. The van der Waals surface area contributed by atoms with Crippen LogP contribution in [0.2, 0.25) is 0 Å². The summed E-state index contributed by atoms with van der Waals surface area (Å²) in [5, 5.41) is 3.63. The lowest BCUT2D eigenvalue weighted by molar-refractivity contribution is 0.226. The lowest BCUT2D eigenvalue weighted by Crippen LogP contribution is -2.44. The standard InChI is InChI=1S/C15H25N3/c1-15(2,3)17-11-14-5-4-10-18(14)12-13-6-8-16-9-7-13/h6-9,14,17H,4-5,10-12H2,1-3H3. The van der Waals surface area contributed by atoms with Gasteiger partial charge in [-0.05, 0) is 57.9 Å². The molecule has 1 aliphatic rings. The fourth-order valence-electron chi connectivity index (χ4n) is 2.48. The van der Waals surface area contributed by atoms with Gasteiger partial charge >= 0.3 is 0 Å². The summed E-state index contributed by atoms with van der Waals surface area (Å²) in [4.78, 5) is 6.67. The molecule has 0 spiro atoms. The molecule has 100 valence electrons. The summed E-state index contributed by atoms with van der Waals surface area (Å²) in [6, 6.07) is 4.91. The number of likely N-dealkylation sites (tertiary alicyclic amines) is 1. The second-order valence-corrected chi connectivity index (χ2v) is 6.25. The molecule has 1 atom stereocenters. The highest BCUT2D eigenvalue weighted by Gasteiger charge is 2.25. The predicted molar refractivity (Wildman–Crippen MR) is 75.4 cm³/mol. The van der Waals surface area contributed by atoms with E-state index in [-0.39, 0.29) is 5.54 Å². The molecule has 1 saturated heterocycles. The van der Waals surface area contributed by atoms with Gasteiger partial charge < -0.3 is 5.32 Å². The highest BCUT2D eigenvalue weighted by molar-refractivity contribution is 5.10. The molecule has 1 fully saturated rings. The Hall–Kier alpha value is -0.930. The summed E-state index contributed by atoms with van der Waals surface area (Å²) < 4.78 is 0. The maximum atomic E-state index is 4.08. The summed E-state index contributed by atoms with van der Waals surface area (Å²) in [6.07, 6.45) is 6.40. The lowest BCUT2D eigenvalue weighted by Gasteiger charge is -2.29. The van der Waals surface area contributed by atoms with Crippen LogP contribution in [0.25, 0.3) is 0 Å². The molecule has 0 amide bonds. The molecule has 3 heteroatoms. The van der Waals surface area contributed by atoms with E-state index in [1.54, 1.807) is 0 Å². The average molecular weight is 247 g/mol. The Kier molecular flexibility index (Phi) is 4.36. The van der Waals surface area contributed by atoms with E-state index in [4.69, 9.17) is 0 Å². The van der Waals surface area contributed by atoms with E-state index in [2.05, 4.69) is 48.1 Å². The van der Waals surface area contributed by atoms with Gasteiger partial charge in [-0.25, -0.2) is 0 Å². The zero-order valence-electron chi connectivity index (χ0n) is 11.8. The molecule has 0 bridgehead atoms. The number of hydrogen-bond acceptors (Lipinski definition) is 3. The van der Waals surface area contributed by atoms with Gasteiger partial charge in [-0.2, -0.15) is 0 Å². The molecule has 3 nitrogen and oxygen atoms in total. The van der Waals surface area contributed by atoms with Crippen molar-refractivity contribution in [1.82, 2.24) is 15.2 Å². The minimum atomic E-state index is 0.213. The van der Waals surface area contributed by atoms with Crippen LogP contribution in [-0.4, -0.2) is 34.6 Å². The number of hydrogen-bond donors (Lipinski definition) is 1. The topological polar surface area (TPSA) is 28.2 Å². The maximum Gasteiger partial charge on any atom is 0.0271 e. The number of rotatable bonds is 4. The van der Waals surface area contributed by atoms with Gasteiger partial charge in [-0.3, -0.25) is 9.88 Å². The molecule has 0 saturated carbocycles. The highest BCUT2D eigenvalue weighted by Crippen LogP contribution is 2.19. The normalized spacial score (nSPS) is 21.4. The zero-order chi connectivity index (χ0) is 13.0. The van der Waals surface area contributed by atoms with Crippen LogP contribution in [0.4, 0.5) is 0 Å². The molecule has 1 aromatic heterocycles. The van der Waals surface area contributed by atoms with Crippen molar-refractivity contribution in [2.75, 3.05) is 13.1 Å². The van der Waals surface area contributed by atoms with E-state index in [9.17, 15) is 0 Å². The lowest BCUT2D eigenvalue weighted by atomic mass is 10.1. The molecule has 0 aliphatic carbocycles. The zero-order valence-corrected chi connectivity index (χ0v) is 11.8. The smallest absolute Gasteiger partial charge is 0.0271 e. The molecule has 0 radical (unpaired) electrons. The van der Waals surface area contributed by atoms with Crippen LogP contribution < -0.4 is 5.32 Å². The van der Waals surface area contributed by atoms with Crippen molar-refractivity contribution in [3.05, 3.63) is 30.1 Å². The Balaban J connectivity index is 1.88. The number of aromatic nitrogens is 1. The predicted octanol–water partition coefficient (Wildman–Crippen LogP) is 2.43. The first kappa shape index (κ1) is 13.5. The Morgan fingerprint density at radius 2 is 2.06 bits per heavy atom. The van der Waals surface area contributed by atoms with Gasteiger partial charge in [0.25, 0.3) is 0 Å². The van der Waals surface area contributed by atoms with E-state index < -0.39 is 0 Å². The highest BCUT2D eigenvalue weighted by atomic mass is 15.2. The first-order valence-corrected chi connectivity index (χ1v) is 6.92. The average Bonchev–Trinajstić information content (AvgIpc) is 2.74. The van der Waals surface area contributed by atoms with Crippen molar-refractivity contribution in [2.45, 2.75) is 51.7 Å². The van der Waals surface area contributed by atoms with Crippen LogP contribution in [0.15, 0.2) is 24.5 Å². The van der Waals surface area contributed by atoms with Crippen LogP contribution in [0.1, 0.15) is 39.2 Å². The van der Waals surface area contributed by atoms with Crippen LogP contribution >= 0.6 is 0 Å². The van der Waals surface area contributed by atoms with E-state index in [1.807, 2.05) is 12.4 Å². The van der Waals surface area contributed by atoms with Gasteiger partial charge in [0.1, 0.15) is 0 Å². The molecule has 2 heterocycles. The third-order valence-electron chi connectivity index (χ3n) is 3.50. The quantitative estimate of drug-likeness (QED) is 0.885. The fraction of sp³-hybridized carbons (Fsp3) is 0.667. The van der Waals surface area contributed by atoms with Crippen molar-refractivity contribution in [3.8, 4) is 0 Å². The summed E-state index contributed by atoms with van der Waals surface area (Å²) >= 11 is 0. The van der Waals surface area contributed by atoms with E-state index in [1.165, 1.54) is 24.9 Å². The third kappa shape index (κ3) is 4.07. The van der Waals surface area contributed by atoms with Gasteiger partial charge in [-0.15, -0.1) is 0 Å². The third-order valence-corrected chi connectivity index (χ3v) is 3.50. The van der Waals surface area contributed by atoms with Gasteiger partial charge in [0.2, 0.25) is 0 Å². The van der Waals surface area contributed by atoms with E-state index >= 15 is 0 Å². The minimum absolute atomic E-state index is 0.213. The SMILES string of the molecule is CC(C)(C)NCC1CCCN1Cc1ccncc1. The molecular weight excluding hydrogens is 222 g/mol. The van der Waals surface area contributed by atoms with Crippen LogP contribution in [-0.2, 0) is 6.54 Å². The van der Waals surface area contributed by atoms with Crippen molar-refractivity contribution < 1.29 is 0 Å². The van der Waals surface area contributed by atoms with Crippen molar-refractivity contribution >= 4 is 0 Å². The number of nitrogens with one attached hydrogen (secondary N) is 1. The van der Waals surface area contributed by atoms with E-state index in [0.717, 1.165) is 13.1 Å². The summed E-state index contributed by atoms with van der Waals surface area (Å²) in [5.74, 6) is 0. The van der Waals surface area contributed by atoms with Gasteiger partial charge in [0.05, 0.1) is 0 Å². The summed E-state index contributed by atoms with van der Waals surface area (Å²) in [5.41, 5.74) is 1.58. The van der Waals surface area contributed by atoms with Crippen LogP contribution in [0.5, 0.6) is 0 Å². The minimum Gasteiger partial charge on any atom is -0.311 e. The summed E-state index contributed by atoms with van der Waals surface area (Å²) in [7, 11) is 0. The van der Waals surface area contributed by atoms with E-state index in [0.29, 0.717) is 6.04 Å². The maximum absolute atomic E-state index is 4.08. The molecule has 1 aliphatic heterocycles. The first-order chi connectivity index (χ1) is 8.54. The summed E-state index contributed by atoms with van der Waals surface area (Å²) in [6.45, 7) is 10.1. The Bertz CT molecular complexity index is 356. The Labute approximate surface area is 111 Å².